The number of hydrogen-bond acceptors (Lipinski definition) is 5. The van der Waals surface area contributed by atoms with Gasteiger partial charge in [-0.2, -0.15) is 0 Å². The van der Waals surface area contributed by atoms with Gasteiger partial charge in [-0.15, -0.1) is 0 Å². The molecule has 5 nitrogen and oxygen atoms in total. The summed E-state index contributed by atoms with van der Waals surface area (Å²) in [7, 11) is 0. The minimum atomic E-state index is -0.461. The van der Waals surface area contributed by atoms with Gasteiger partial charge in [-0.1, -0.05) is 0 Å². The molecular weight excluding hydrogens is 178 g/mol. The Hall–Kier alpha value is -1.88. The number of hydrogen-bond donors (Lipinski definition) is 1. The molecule has 14 heavy (non-hydrogen) atoms. The molecule has 2 N–H and O–H groups in total. The molecule has 70 valence electrons. The summed E-state index contributed by atoms with van der Waals surface area (Å²) < 4.78 is 0. The summed E-state index contributed by atoms with van der Waals surface area (Å²) >= 11 is 0. The molecule has 0 radical (unpaired) electrons. The zero-order valence-electron chi connectivity index (χ0n) is 7.41. The van der Waals surface area contributed by atoms with E-state index < -0.39 is 6.04 Å². The number of nitrogens with zero attached hydrogens (tertiary/aromatic N) is 4. The van der Waals surface area contributed by atoms with Crippen molar-refractivity contribution in [3.8, 4) is 0 Å². The summed E-state index contributed by atoms with van der Waals surface area (Å²) in [5.74, 6) is 1.05. The highest BCUT2D eigenvalue weighted by Gasteiger charge is 2.12. The average Bonchev–Trinajstić information content (AvgIpc) is 2.30. The van der Waals surface area contributed by atoms with E-state index in [2.05, 4.69) is 19.9 Å². The maximum atomic E-state index is 5.87. The second-order valence-corrected chi connectivity index (χ2v) is 2.69. The maximum absolute atomic E-state index is 5.87. The Kier molecular flexibility index (Phi) is 2.42. The van der Waals surface area contributed by atoms with Gasteiger partial charge < -0.3 is 5.73 Å². The molecule has 2 heterocycles. The first kappa shape index (κ1) is 8.71. The van der Waals surface area contributed by atoms with E-state index in [1.165, 1.54) is 0 Å². The van der Waals surface area contributed by atoms with Gasteiger partial charge in [0, 0.05) is 24.8 Å². The zero-order valence-corrected chi connectivity index (χ0v) is 7.41. The van der Waals surface area contributed by atoms with E-state index in [1.807, 2.05) is 0 Å². The van der Waals surface area contributed by atoms with Crippen molar-refractivity contribution in [2.75, 3.05) is 0 Å². The van der Waals surface area contributed by atoms with Crippen LogP contribution in [0.1, 0.15) is 17.7 Å². The van der Waals surface area contributed by atoms with Gasteiger partial charge in [0.2, 0.25) is 0 Å². The van der Waals surface area contributed by atoms with Crippen LogP contribution >= 0.6 is 0 Å². The van der Waals surface area contributed by atoms with E-state index >= 15 is 0 Å². The molecule has 2 aromatic rings. The summed E-state index contributed by atoms with van der Waals surface area (Å²) in [5, 5.41) is 0. The fraction of sp³-hybridized carbons (Fsp3) is 0.111. The quantitative estimate of drug-likeness (QED) is 0.732. The lowest BCUT2D eigenvalue weighted by atomic mass is 10.2. The van der Waals surface area contributed by atoms with Crippen molar-refractivity contribution in [1.82, 2.24) is 19.9 Å². The lowest BCUT2D eigenvalue weighted by Gasteiger charge is -2.06. The summed E-state index contributed by atoms with van der Waals surface area (Å²) in [5.41, 5.74) is 5.87. The Bertz CT molecular complexity index is 349. The number of aromatic nitrogens is 4. The molecule has 0 aliphatic carbocycles. The van der Waals surface area contributed by atoms with E-state index in [0.29, 0.717) is 11.6 Å². The monoisotopic (exact) mass is 187 g/mol. The fourth-order valence-electron chi connectivity index (χ4n) is 1.06. The number of nitrogens with two attached hydrogens (primary N) is 1. The van der Waals surface area contributed by atoms with Gasteiger partial charge in [0.05, 0.1) is 0 Å². The first-order valence-corrected chi connectivity index (χ1v) is 4.17. The fourth-order valence-corrected chi connectivity index (χ4v) is 1.06. The molecule has 0 amide bonds. The molecule has 2 aromatic heterocycles. The SMILES string of the molecule is NC(c1ncccn1)c1ncccn1. The van der Waals surface area contributed by atoms with Crippen LogP contribution in [0.4, 0.5) is 0 Å². The van der Waals surface area contributed by atoms with Gasteiger partial charge in [-0.05, 0) is 12.1 Å². The lowest BCUT2D eigenvalue weighted by Crippen LogP contribution is -2.17. The molecule has 0 aliphatic heterocycles. The van der Waals surface area contributed by atoms with Crippen molar-refractivity contribution >= 4 is 0 Å². The van der Waals surface area contributed by atoms with Crippen molar-refractivity contribution in [2.24, 2.45) is 5.73 Å². The Balaban J connectivity index is 2.30. The van der Waals surface area contributed by atoms with Crippen molar-refractivity contribution < 1.29 is 0 Å². The van der Waals surface area contributed by atoms with Gasteiger partial charge >= 0.3 is 0 Å². The molecule has 5 heteroatoms. The Morgan fingerprint density at radius 2 is 1.14 bits per heavy atom. The topological polar surface area (TPSA) is 77.6 Å². The molecule has 0 saturated carbocycles. The highest BCUT2D eigenvalue weighted by Crippen LogP contribution is 2.08. The van der Waals surface area contributed by atoms with Gasteiger partial charge in [0.15, 0.2) is 11.6 Å². The van der Waals surface area contributed by atoms with Crippen LogP contribution in [0.25, 0.3) is 0 Å². The van der Waals surface area contributed by atoms with Crippen molar-refractivity contribution in [1.29, 1.82) is 0 Å². The Morgan fingerprint density at radius 3 is 1.50 bits per heavy atom. The highest BCUT2D eigenvalue weighted by molar-refractivity contribution is 5.07. The molecule has 2 rings (SSSR count). The van der Waals surface area contributed by atoms with Crippen molar-refractivity contribution in [2.45, 2.75) is 6.04 Å². The van der Waals surface area contributed by atoms with Crippen LogP contribution in [0.15, 0.2) is 36.9 Å². The van der Waals surface area contributed by atoms with Crippen LogP contribution in [-0.4, -0.2) is 19.9 Å². The number of rotatable bonds is 2. The zero-order chi connectivity index (χ0) is 9.80. The molecular formula is C9H9N5. The van der Waals surface area contributed by atoms with E-state index in [0.717, 1.165) is 0 Å². The minimum Gasteiger partial charge on any atom is -0.315 e. The molecule has 0 aliphatic rings. The Labute approximate surface area is 81.1 Å². The molecule has 0 fully saturated rings. The van der Waals surface area contributed by atoms with Crippen LogP contribution in [0.5, 0.6) is 0 Å². The van der Waals surface area contributed by atoms with Crippen LogP contribution in [0.3, 0.4) is 0 Å². The average molecular weight is 187 g/mol. The van der Waals surface area contributed by atoms with Crippen LogP contribution in [-0.2, 0) is 0 Å². The van der Waals surface area contributed by atoms with E-state index in [9.17, 15) is 0 Å². The normalized spacial score (nSPS) is 10.4. The maximum Gasteiger partial charge on any atom is 0.152 e. The van der Waals surface area contributed by atoms with Gasteiger partial charge in [-0.25, -0.2) is 19.9 Å². The van der Waals surface area contributed by atoms with Gasteiger partial charge in [-0.3, -0.25) is 0 Å². The lowest BCUT2D eigenvalue weighted by molar-refractivity contribution is 0.721. The van der Waals surface area contributed by atoms with Crippen molar-refractivity contribution in [3.05, 3.63) is 48.6 Å². The van der Waals surface area contributed by atoms with E-state index in [1.54, 1.807) is 36.9 Å². The second-order valence-electron chi connectivity index (χ2n) is 2.69. The molecule has 0 saturated heterocycles. The predicted octanol–water partition coefficient (Wildman–Crippen LogP) is 0.315. The van der Waals surface area contributed by atoms with Gasteiger partial charge in [0.25, 0.3) is 0 Å². The van der Waals surface area contributed by atoms with Crippen molar-refractivity contribution in [3.63, 3.8) is 0 Å². The smallest absolute Gasteiger partial charge is 0.152 e. The summed E-state index contributed by atoms with van der Waals surface area (Å²) in [4.78, 5) is 16.2. The first-order valence-electron chi connectivity index (χ1n) is 4.17. The third-order valence-electron chi connectivity index (χ3n) is 1.73. The third kappa shape index (κ3) is 1.72. The van der Waals surface area contributed by atoms with E-state index in [4.69, 9.17) is 5.73 Å². The van der Waals surface area contributed by atoms with E-state index in [-0.39, 0.29) is 0 Å². The summed E-state index contributed by atoms with van der Waals surface area (Å²) in [6.45, 7) is 0. The Morgan fingerprint density at radius 1 is 0.786 bits per heavy atom. The molecule has 0 atom stereocenters. The predicted molar refractivity (Wildman–Crippen MR) is 50.1 cm³/mol. The summed E-state index contributed by atoms with van der Waals surface area (Å²) in [6.07, 6.45) is 6.58. The molecule has 0 unspecified atom stereocenters. The van der Waals surface area contributed by atoms with Crippen LogP contribution in [0.2, 0.25) is 0 Å². The minimum absolute atomic E-state index is 0.461. The molecule has 0 aromatic carbocycles. The summed E-state index contributed by atoms with van der Waals surface area (Å²) in [6, 6.07) is 3.02. The van der Waals surface area contributed by atoms with Gasteiger partial charge in [0.1, 0.15) is 6.04 Å². The largest absolute Gasteiger partial charge is 0.315 e. The van der Waals surface area contributed by atoms with Crippen LogP contribution in [0, 0.1) is 0 Å². The molecule has 0 bridgehead atoms. The standard InChI is InChI=1S/C9H9N5/c10-7(8-11-3-1-4-12-8)9-13-5-2-6-14-9/h1-7H,10H2. The second kappa shape index (κ2) is 3.89. The first-order chi connectivity index (χ1) is 6.88. The van der Waals surface area contributed by atoms with Crippen LogP contribution < -0.4 is 5.73 Å². The highest BCUT2D eigenvalue weighted by atomic mass is 15.0. The third-order valence-corrected chi connectivity index (χ3v) is 1.73. The molecule has 0 spiro atoms.